The van der Waals surface area contributed by atoms with Crippen LogP contribution in [0.3, 0.4) is 0 Å². The molecule has 1 rings (SSSR count). The van der Waals surface area contributed by atoms with Crippen LogP contribution in [0.4, 0.5) is 0 Å². The summed E-state index contributed by atoms with van der Waals surface area (Å²) in [5.41, 5.74) is 5.81. The summed E-state index contributed by atoms with van der Waals surface area (Å²) in [6, 6.07) is 0. The van der Waals surface area contributed by atoms with Gasteiger partial charge in [-0.05, 0) is 54.6 Å². The molecule has 0 amide bonds. The Hall–Kier alpha value is -1.05. The van der Waals surface area contributed by atoms with Gasteiger partial charge in [0.25, 0.3) is 0 Å². The van der Waals surface area contributed by atoms with Crippen molar-refractivity contribution >= 4 is 5.71 Å². The van der Waals surface area contributed by atoms with E-state index in [0.717, 1.165) is 25.1 Å². The predicted octanol–water partition coefficient (Wildman–Crippen LogP) is 6.68. The third-order valence-corrected chi connectivity index (χ3v) is 6.20. The van der Waals surface area contributed by atoms with Gasteiger partial charge in [-0.2, -0.15) is 0 Å². The average molecular weight is 347 g/mol. The van der Waals surface area contributed by atoms with E-state index < -0.39 is 0 Å². The van der Waals surface area contributed by atoms with Gasteiger partial charge in [0.15, 0.2) is 0 Å². The number of nitrogens with zero attached hydrogens (tertiary/aromatic N) is 1. The van der Waals surface area contributed by atoms with Crippen LogP contribution in [0.25, 0.3) is 0 Å². The van der Waals surface area contributed by atoms with E-state index in [-0.39, 0.29) is 0 Å². The number of hydrogen-bond donors (Lipinski definition) is 1. The normalized spacial score (nSPS) is 22.8. The molecule has 0 bridgehead atoms. The highest BCUT2D eigenvalue weighted by Crippen LogP contribution is 2.42. The quantitative estimate of drug-likeness (QED) is 0.462. The molecular formula is C23H42N2. The maximum Gasteiger partial charge on any atom is 0.0385 e. The highest BCUT2D eigenvalue weighted by atomic mass is 14.9. The van der Waals surface area contributed by atoms with Gasteiger partial charge in [0, 0.05) is 25.0 Å². The van der Waals surface area contributed by atoms with Crippen LogP contribution in [0.15, 0.2) is 28.4 Å². The Morgan fingerprint density at radius 1 is 1.20 bits per heavy atom. The fourth-order valence-electron chi connectivity index (χ4n) is 3.96. The second kappa shape index (κ2) is 9.59. The minimum absolute atomic E-state index is 0.292. The minimum Gasteiger partial charge on any atom is -0.385 e. The summed E-state index contributed by atoms with van der Waals surface area (Å²) >= 11 is 0. The molecule has 1 aliphatic heterocycles. The topological polar surface area (TPSA) is 24.4 Å². The Morgan fingerprint density at radius 2 is 1.88 bits per heavy atom. The van der Waals surface area contributed by atoms with E-state index in [2.05, 4.69) is 53.4 Å². The Bertz CT molecular complexity index is 510. The van der Waals surface area contributed by atoms with E-state index in [1.54, 1.807) is 0 Å². The molecule has 1 aliphatic rings. The minimum atomic E-state index is 0.292. The molecule has 0 aromatic heterocycles. The molecule has 25 heavy (non-hydrogen) atoms. The van der Waals surface area contributed by atoms with Crippen LogP contribution in [0.2, 0.25) is 0 Å². The Balaban J connectivity index is 3.26. The molecule has 0 radical (unpaired) electrons. The molecule has 0 fully saturated rings. The van der Waals surface area contributed by atoms with Crippen molar-refractivity contribution in [3.05, 3.63) is 23.4 Å². The van der Waals surface area contributed by atoms with Gasteiger partial charge in [-0.15, -0.1) is 0 Å². The van der Waals surface area contributed by atoms with Crippen molar-refractivity contribution < 1.29 is 0 Å². The third kappa shape index (κ3) is 6.01. The molecule has 1 heterocycles. The van der Waals surface area contributed by atoms with Crippen molar-refractivity contribution in [1.82, 2.24) is 5.32 Å². The lowest BCUT2D eigenvalue weighted by atomic mass is 9.71. The van der Waals surface area contributed by atoms with Crippen LogP contribution in [-0.2, 0) is 0 Å². The van der Waals surface area contributed by atoms with Gasteiger partial charge in [0.2, 0.25) is 0 Å². The highest BCUT2D eigenvalue weighted by Gasteiger charge is 2.35. The van der Waals surface area contributed by atoms with E-state index in [9.17, 15) is 0 Å². The maximum absolute atomic E-state index is 4.77. The van der Waals surface area contributed by atoms with E-state index in [4.69, 9.17) is 4.99 Å². The van der Waals surface area contributed by atoms with E-state index >= 15 is 0 Å². The molecule has 144 valence electrons. The van der Waals surface area contributed by atoms with Crippen LogP contribution < -0.4 is 5.32 Å². The van der Waals surface area contributed by atoms with Crippen LogP contribution in [0, 0.1) is 10.8 Å². The smallest absolute Gasteiger partial charge is 0.0385 e. The monoisotopic (exact) mass is 346 g/mol. The third-order valence-electron chi connectivity index (χ3n) is 6.20. The largest absolute Gasteiger partial charge is 0.385 e. The second-order valence-corrected chi connectivity index (χ2v) is 8.83. The average Bonchev–Trinajstić information content (AvgIpc) is 2.71. The molecule has 1 atom stereocenters. The maximum atomic E-state index is 4.77. The fraction of sp³-hybridized carbons (Fsp3) is 0.783. The van der Waals surface area contributed by atoms with Crippen LogP contribution in [-0.4, -0.2) is 19.3 Å². The molecule has 0 spiro atoms. The second-order valence-electron chi connectivity index (χ2n) is 8.83. The van der Waals surface area contributed by atoms with Crippen molar-refractivity contribution in [3.8, 4) is 0 Å². The van der Waals surface area contributed by atoms with Crippen LogP contribution in [0.5, 0.6) is 0 Å². The molecular weight excluding hydrogens is 304 g/mol. The van der Waals surface area contributed by atoms with Gasteiger partial charge in [-0.1, -0.05) is 66.9 Å². The molecule has 1 unspecified atom stereocenters. The molecule has 0 aliphatic carbocycles. The number of nitrogens with one attached hydrogen (secondary N) is 1. The number of unbranched alkanes of at least 4 members (excludes halogenated alkanes) is 1. The zero-order valence-electron chi connectivity index (χ0n) is 18.0. The molecule has 1 N–H and O–H groups in total. The lowest BCUT2D eigenvalue weighted by Crippen LogP contribution is -2.33. The first-order valence-corrected chi connectivity index (χ1v) is 10.3. The summed E-state index contributed by atoms with van der Waals surface area (Å²) in [5, 5.41) is 3.66. The first-order valence-electron chi connectivity index (χ1n) is 10.3. The van der Waals surface area contributed by atoms with Gasteiger partial charge in [-0.25, -0.2) is 0 Å². The zero-order valence-corrected chi connectivity index (χ0v) is 18.0. The van der Waals surface area contributed by atoms with Gasteiger partial charge in [0.1, 0.15) is 0 Å². The van der Waals surface area contributed by atoms with Crippen LogP contribution in [0.1, 0.15) is 92.9 Å². The molecule has 0 saturated heterocycles. The van der Waals surface area contributed by atoms with Gasteiger partial charge < -0.3 is 5.32 Å². The summed E-state index contributed by atoms with van der Waals surface area (Å²) < 4.78 is 0. The van der Waals surface area contributed by atoms with Crippen molar-refractivity contribution in [2.75, 3.05) is 13.6 Å². The summed E-state index contributed by atoms with van der Waals surface area (Å²) in [5.74, 6) is 0. The molecule has 0 aromatic rings. The van der Waals surface area contributed by atoms with E-state index in [0.29, 0.717) is 10.8 Å². The molecule has 2 nitrogen and oxygen atoms in total. The van der Waals surface area contributed by atoms with Crippen molar-refractivity contribution in [3.63, 3.8) is 0 Å². The predicted molar refractivity (Wildman–Crippen MR) is 113 cm³/mol. The van der Waals surface area contributed by atoms with Gasteiger partial charge >= 0.3 is 0 Å². The van der Waals surface area contributed by atoms with Crippen molar-refractivity contribution in [1.29, 1.82) is 0 Å². The first kappa shape index (κ1) is 22.0. The first-order chi connectivity index (χ1) is 11.7. The van der Waals surface area contributed by atoms with Gasteiger partial charge in [0.05, 0.1) is 0 Å². The van der Waals surface area contributed by atoms with Gasteiger partial charge in [-0.3, -0.25) is 4.99 Å². The molecule has 0 aromatic carbocycles. The standard InChI is InChI=1S/C23H42N2/c1-9-12-14-23(13-10-2)15-20(18(4)19(5)25-17-23)21(24-8)16-22(6,7)11-3/h25H,5,9-17H2,1-4,6-8H3/b24-21-. The Morgan fingerprint density at radius 3 is 2.40 bits per heavy atom. The van der Waals surface area contributed by atoms with Crippen LogP contribution >= 0.6 is 0 Å². The fourth-order valence-corrected chi connectivity index (χ4v) is 3.96. The molecule has 2 heteroatoms. The molecule has 0 saturated carbocycles. The summed E-state index contributed by atoms with van der Waals surface area (Å²) in [7, 11) is 1.97. The Kier molecular flexibility index (Phi) is 8.44. The number of aliphatic imine (C=N–C) groups is 1. The van der Waals surface area contributed by atoms with E-state index in [1.165, 1.54) is 55.4 Å². The van der Waals surface area contributed by atoms with Crippen molar-refractivity contribution in [2.24, 2.45) is 15.8 Å². The number of allylic oxidation sites excluding steroid dienone is 2. The number of rotatable bonds is 9. The SMILES string of the molecule is C=C1NCC(CCC)(CCCC)CC(/C(CC(C)(C)CC)=N\C)=C1C. The highest BCUT2D eigenvalue weighted by molar-refractivity contribution is 6.01. The lowest BCUT2D eigenvalue weighted by Gasteiger charge is -2.35. The summed E-state index contributed by atoms with van der Waals surface area (Å²) in [6.45, 7) is 19.2. The summed E-state index contributed by atoms with van der Waals surface area (Å²) in [4.78, 5) is 4.77. The Labute approximate surface area is 157 Å². The lowest BCUT2D eigenvalue weighted by molar-refractivity contribution is 0.229. The van der Waals surface area contributed by atoms with Crippen molar-refractivity contribution in [2.45, 2.75) is 92.9 Å². The summed E-state index contributed by atoms with van der Waals surface area (Å²) in [6.07, 6.45) is 9.75. The van der Waals surface area contributed by atoms with E-state index in [1.807, 2.05) is 7.05 Å². The zero-order chi connectivity index (χ0) is 19.1. The number of hydrogen-bond acceptors (Lipinski definition) is 2.